The number of carbonyl (C=O) groups excluding carboxylic acids is 1. The average Bonchev–Trinajstić information content (AvgIpc) is 2.87. The van der Waals surface area contributed by atoms with Gasteiger partial charge in [0.1, 0.15) is 18.2 Å². The summed E-state index contributed by atoms with van der Waals surface area (Å²) >= 11 is 1.54. The molecule has 0 saturated carbocycles. The molecule has 1 heterocycles. The molecule has 2 amide bonds. The molecular weight excluding hydrogens is 270 g/mol. The third kappa shape index (κ3) is 6.09. The van der Waals surface area contributed by atoms with Crippen molar-refractivity contribution in [2.75, 3.05) is 18.6 Å². The van der Waals surface area contributed by atoms with Gasteiger partial charge in [-0.2, -0.15) is 16.9 Å². The van der Waals surface area contributed by atoms with E-state index in [1.165, 1.54) is 18.1 Å². The third-order valence-corrected chi connectivity index (χ3v) is 2.97. The molecule has 0 saturated heterocycles. The van der Waals surface area contributed by atoms with E-state index in [-0.39, 0.29) is 0 Å². The molecule has 1 atom stereocenters. The highest BCUT2D eigenvalue weighted by atomic mass is 32.2. The van der Waals surface area contributed by atoms with E-state index in [2.05, 4.69) is 25.8 Å². The summed E-state index contributed by atoms with van der Waals surface area (Å²) in [6.07, 6.45) is 4.18. The Balaban J connectivity index is 2.25. The predicted molar refractivity (Wildman–Crippen MR) is 71.0 cm³/mol. The maximum atomic E-state index is 11.5. The summed E-state index contributed by atoms with van der Waals surface area (Å²) < 4.78 is 0. The van der Waals surface area contributed by atoms with Crippen molar-refractivity contribution >= 4 is 23.8 Å². The summed E-state index contributed by atoms with van der Waals surface area (Å²) in [4.78, 5) is 26.3. The van der Waals surface area contributed by atoms with Gasteiger partial charge in [-0.05, 0) is 18.4 Å². The van der Waals surface area contributed by atoms with Crippen LogP contribution in [-0.2, 0) is 11.2 Å². The highest BCUT2D eigenvalue weighted by molar-refractivity contribution is 7.98. The SMILES string of the molecule is CSCCC(NC(=O)NCCc1ncn[nH]1)C(=O)O. The lowest BCUT2D eigenvalue weighted by molar-refractivity contribution is -0.139. The number of H-pyrrole nitrogens is 1. The molecule has 8 nitrogen and oxygen atoms in total. The quantitative estimate of drug-likeness (QED) is 0.528. The fourth-order valence-corrected chi connectivity index (χ4v) is 1.82. The Hall–Kier alpha value is -1.77. The largest absolute Gasteiger partial charge is 0.480 e. The number of hydrogen-bond donors (Lipinski definition) is 4. The van der Waals surface area contributed by atoms with Gasteiger partial charge in [-0.25, -0.2) is 14.6 Å². The number of aliphatic carboxylic acids is 1. The van der Waals surface area contributed by atoms with Crippen LogP contribution in [0, 0.1) is 0 Å². The molecule has 1 aromatic heterocycles. The smallest absolute Gasteiger partial charge is 0.326 e. The van der Waals surface area contributed by atoms with Gasteiger partial charge in [0.25, 0.3) is 0 Å². The van der Waals surface area contributed by atoms with Gasteiger partial charge in [-0.3, -0.25) is 5.10 Å². The number of carboxylic acids is 1. The van der Waals surface area contributed by atoms with Crippen molar-refractivity contribution in [1.82, 2.24) is 25.8 Å². The highest BCUT2D eigenvalue weighted by Gasteiger charge is 2.18. The molecule has 0 aliphatic heterocycles. The van der Waals surface area contributed by atoms with Gasteiger partial charge in [0, 0.05) is 13.0 Å². The zero-order chi connectivity index (χ0) is 14.1. The van der Waals surface area contributed by atoms with Crippen LogP contribution in [0.5, 0.6) is 0 Å². The monoisotopic (exact) mass is 287 g/mol. The van der Waals surface area contributed by atoms with Crippen LogP contribution in [-0.4, -0.2) is 56.9 Å². The van der Waals surface area contributed by atoms with Gasteiger partial charge in [0.15, 0.2) is 0 Å². The second kappa shape index (κ2) is 8.35. The van der Waals surface area contributed by atoms with Crippen LogP contribution in [0.15, 0.2) is 6.33 Å². The van der Waals surface area contributed by atoms with Crippen molar-refractivity contribution in [3.05, 3.63) is 12.2 Å². The number of aromatic nitrogens is 3. The van der Waals surface area contributed by atoms with Crippen LogP contribution in [0.4, 0.5) is 4.79 Å². The number of aromatic amines is 1. The lowest BCUT2D eigenvalue weighted by Gasteiger charge is -2.14. The molecule has 9 heteroatoms. The van der Waals surface area contributed by atoms with E-state index in [9.17, 15) is 9.59 Å². The zero-order valence-corrected chi connectivity index (χ0v) is 11.4. The number of amides is 2. The van der Waals surface area contributed by atoms with Gasteiger partial charge < -0.3 is 15.7 Å². The van der Waals surface area contributed by atoms with Crippen molar-refractivity contribution in [1.29, 1.82) is 0 Å². The molecular formula is C10H17N5O3S. The van der Waals surface area contributed by atoms with Crippen LogP contribution in [0.25, 0.3) is 0 Å². The van der Waals surface area contributed by atoms with Crippen molar-refractivity contribution in [3.8, 4) is 0 Å². The minimum absolute atomic E-state index is 0.357. The average molecular weight is 287 g/mol. The van der Waals surface area contributed by atoms with Gasteiger partial charge >= 0.3 is 12.0 Å². The van der Waals surface area contributed by atoms with Crippen LogP contribution >= 0.6 is 11.8 Å². The van der Waals surface area contributed by atoms with Crippen LogP contribution in [0.3, 0.4) is 0 Å². The second-order valence-corrected chi connectivity index (χ2v) is 4.74. The van der Waals surface area contributed by atoms with Gasteiger partial charge in [0.2, 0.25) is 0 Å². The summed E-state index contributed by atoms with van der Waals surface area (Å²) in [5.74, 6) is 0.312. The second-order valence-electron chi connectivity index (χ2n) is 3.75. The Kier molecular flexibility index (Phi) is 6.72. The normalized spacial score (nSPS) is 11.8. The summed E-state index contributed by atoms with van der Waals surface area (Å²) in [6, 6.07) is -1.36. The molecule has 0 fully saturated rings. The van der Waals surface area contributed by atoms with Crippen LogP contribution < -0.4 is 10.6 Å². The number of rotatable bonds is 8. The first-order valence-electron chi connectivity index (χ1n) is 5.74. The minimum Gasteiger partial charge on any atom is -0.480 e. The third-order valence-electron chi connectivity index (χ3n) is 2.33. The van der Waals surface area contributed by atoms with Crippen molar-refractivity contribution in [3.63, 3.8) is 0 Å². The highest BCUT2D eigenvalue weighted by Crippen LogP contribution is 2.00. The molecule has 0 spiro atoms. The number of carbonyl (C=O) groups is 2. The summed E-state index contributed by atoms with van der Waals surface area (Å²) in [5, 5.41) is 20.3. The Morgan fingerprint density at radius 3 is 2.95 bits per heavy atom. The fraction of sp³-hybridized carbons (Fsp3) is 0.600. The molecule has 106 valence electrons. The van der Waals surface area contributed by atoms with Crippen molar-refractivity contribution < 1.29 is 14.7 Å². The lowest BCUT2D eigenvalue weighted by atomic mass is 10.2. The van der Waals surface area contributed by atoms with E-state index >= 15 is 0 Å². The first-order valence-corrected chi connectivity index (χ1v) is 7.13. The molecule has 1 unspecified atom stereocenters. The number of hydrogen-bond acceptors (Lipinski definition) is 5. The summed E-state index contributed by atoms with van der Waals surface area (Å²) in [6.45, 7) is 0.357. The maximum absolute atomic E-state index is 11.5. The first-order chi connectivity index (χ1) is 9.13. The molecule has 19 heavy (non-hydrogen) atoms. The van der Waals surface area contributed by atoms with Crippen LogP contribution in [0.2, 0.25) is 0 Å². The maximum Gasteiger partial charge on any atom is 0.326 e. The van der Waals surface area contributed by atoms with Gasteiger partial charge in [0.05, 0.1) is 0 Å². The minimum atomic E-state index is -1.03. The molecule has 0 radical (unpaired) electrons. The Morgan fingerprint density at radius 2 is 2.37 bits per heavy atom. The van der Waals surface area contributed by atoms with E-state index < -0.39 is 18.0 Å². The van der Waals surface area contributed by atoms with E-state index in [0.717, 1.165) is 0 Å². The molecule has 0 aliphatic rings. The molecule has 1 aromatic rings. The number of nitrogens with zero attached hydrogens (tertiary/aromatic N) is 2. The van der Waals surface area contributed by atoms with E-state index in [4.69, 9.17) is 5.11 Å². The van der Waals surface area contributed by atoms with E-state index in [1.54, 1.807) is 0 Å². The number of urea groups is 1. The Morgan fingerprint density at radius 1 is 1.58 bits per heavy atom. The zero-order valence-electron chi connectivity index (χ0n) is 10.5. The number of nitrogens with one attached hydrogen (secondary N) is 3. The molecule has 4 N–H and O–H groups in total. The number of thioether (sulfide) groups is 1. The van der Waals surface area contributed by atoms with Crippen molar-refractivity contribution in [2.45, 2.75) is 18.9 Å². The van der Waals surface area contributed by atoms with E-state index in [0.29, 0.717) is 31.0 Å². The van der Waals surface area contributed by atoms with Gasteiger partial charge in [-0.15, -0.1) is 0 Å². The fourth-order valence-electron chi connectivity index (χ4n) is 1.35. The van der Waals surface area contributed by atoms with Crippen LogP contribution in [0.1, 0.15) is 12.2 Å². The van der Waals surface area contributed by atoms with E-state index in [1.807, 2.05) is 6.26 Å². The first kappa shape index (κ1) is 15.3. The topological polar surface area (TPSA) is 120 Å². The molecule has 1 rings (SSSR count). The summed E-state index contributed by atoms with van der Waals surface area (Å²) in [7, 11) is 0. The number of carboxylic acid groups (broad SMARTS) is 1. The molecule has 0 bridgehead atoms. The standard InChI is InChI=1S/C10H17N5O3S/c1-19-5-3-7(9(16)17)14-10(18)11-4-2-8-12-6-13-15-8/h6-7H,2-5H2,1H3,(H,16,17)(H2,11,14,18)(H,12,13,15). The summed E-state index contributed by atoms with van der Waals surface area (Å²) in [5.41, 5.74) is 0. The van der Waals surface area contributed by atoms with Gasteiger partial charge in [-0.1, -0.05) is 0 Å². The van der Waals surface area contributed by atoms with Crippen molar-refractivity contribution in [2.24, 2.45) is 0 Å². The Labute approximate surface area is 114 Å². The molecule has 0 aromatic carbocycles. The predicted octanol–water partition coefficient (Wildman–Crippen LogP) is -0.147. The molecule has 0 aliphatic carbocycles. The lowest BCUT2D eigenvalue weighted by Crippen LogP contribution is -2.46. The Bertz CT molecular complexity index is 398.